The second-order valence-electron chi connectivity index (χ2n) is 5.41. The van der Waals surface area contributed by atoms with E-state index in [-0.39, 0.29) is 11.3 Å². The van der Waals surface area contributed by atoms with Crippen LogP contribution in [0, 0.1) is 0 Å². The van der Waals surface area contributed by atoms with Gasteiger partial charge in [-0.1, -0.05) is 35.5 Å². The predicted molar refractivity (Wildman–Crippen MR) is 89.0 cm³/mol. The van der Waals surface area contributed by atoms with Crippen molar-refractivity contribution in [3.05, 3.63) is 71.7 Å². The summed E-state index contributed by atoms with van der Waals surface area (Å²) in [4.78, 5) is 26.9. The van der Waals surface area contributed by atoms with Crippen LogP contribution in [-0.4, -0.2) is 27.1 Å². The minimum Gasteiger partial charge on any atom is -0.477 e. The van der Waals surface area contributed by atoms with Gasteiger partial charge in [0.25, 0.3) is 5.91 Å². The molecule has 0 radical (unpaired) electrons. The maximum Gasteiger partial charge on any atom is 0.354 e. The lowest BCUT2D eigenvalue weighted by molar-refractivity contribution is 0.0690. The Morgan fingerprint density at radius 1 is 1.16 bits per heavy atom. The fraction of sp³-hybridized carbons (Fsp3) is 0.111. The largest absolute Gasteiger partial charge is 0.477 e. The van der Waals surface area contributed by atoms with Crippen LogP contribution in [0.25, 0.3) is 11.3 Å². The van der Waals surface area contributed by atoms with E-state index in [1.807, 2.05) is 30.3 Å². The van der Waals surface area contributed by atoms with Crippen LogP contribution >= 0.6 is 0 Å². The molecule has 2 N–H and O–H groups in total. The Kier molecular flexibility index (Phi) is 4.56. The topological polar surface area (TPSA) is 105 Å². The number of hydrogen-bond acceptors (Lipinski definition) is 5. The molecule has 1 atom stereocenters. The quantitative estimate of drug-likeness (QED) is 0.741. The van der Waals surface area contributed by atoms with E-state index in [0.29, 0.717) is 11.5 Å². The van der Waals surface area contributed by atoms with Gasteiger partial charge >= 0.3 is 5.97 Å². The number of aromatic nitrogens is 2. The molecule has 0 saturated heterocycles. The molecular weight excluding hydrogens is 322 g/mol. The fourth-order valence-electron chi connectivity index (χ4n) is 2.27. The molecule has 7 heteroatoms. The molecule has 0 aliphatic rings. The molecular formula is C18H15N3O4. The van der Waals surface area contributed by atoms with E-state index in [1.165, 1.54) is 18.3 Å². The first-order valence-electron chi connectivity index (χ1n) is 7.57. The van der Waals surface area contributed by atoms with E-state index in [0.717, 1.165) is 5.56 Å². The number of hydrogen-bond donors (Lipinski definition) is 2. The summed E-state index contributed by atoms with van der Waals surface area (Å²) < 4.78 is 5.32. The van der Waals surface area contributed by atoms with Gasteiger partial charge in [-0.25, -0.2) is 9.78 Å². The van der Waals surface area contributed by atoms with Crippen LogP contribution in [0.1, 0.15) is 39.5 Å². The van der Waals surface area contributed by atoms with Crippen molar-refractivity contribution in [1.29, 1.82) is 0 Å². The zero-order valence-electron chi connectivity index (χ0n) is 13.3. The number of pyridine rings is 1. The molecule has 3 rings (SSSR count). The lowest BCUT2D eigenvalue weighted by Crippen LogP contribution is -2.27. The average Bonchev–Trinajstić information content (AvgIpc) is 3.13. The smallest absolute Gasteiger partial charge is 0.354 e. The fourth-order valence-corrected chi connectivity index (χ4v) is 2.27. The van der Waals surface area contributed by atoms with Crippen molar-refractivity contribution in [2.45, 2.75) is 13.0 Å². The number of nitrogens with one attached hydrogen (secondary N) is 1. The first kappa shape index (κ1) is 16.4. The second-order valence-corrected chi connectivity index (χ2v) is 5.41. The van der Waals surface area contributed by atoms with Gasteiger partial charge in [-0.3, -0.25) is 4.79 Å². The standard InChI is InChI=1S/C18H15N3O4/c1-11(14-10-16(25-21-14)12-5-3-2-4-6-12)20-17(22)13-7-8-19-15(9-13)18(23)24/h2-11H,1H3,(H,20,22)(H,23,24). The number of carboxylic acid groups (broad SMARTS) is 1. The summed E-state index contributed by atoms with van der Waals surface area (Å²) >= 11 is 0. The van der Waals surface area contributed by atoms with Crippen molar-refractivity contribution in [3.63, 3.8) is 0 Å². The van der Waals surface area contributed by atoms with Gasteiger partial charge in [0.2, 0.25) is 0 Å². The number of amides is 1. The summed E-state index contributed by atoms with van der Waals surface area (Å²) in [6, 6.07) is 13.5. The van der Waals surface area contributed by atoms with Crippen molar-refractivity contribution < 1.29 is 19.2 Å². The Bertz CT molecular complexity index is 905. The molecule has 0 fully saturated rings. The third-order valence-corrected chi connectivity index (χ3v) is 3.62. The van der Waals surface area contributed by atoms with Gasteiger partial charge in [0.15, 0.2) is 5.76 Å². The van der Waals surface area contributed by atoms with Crippen molar-refractivity contribution in [2.75, 3.05) is 0 Å². The number of nitrogens with zero attached hydrogens (tertiary/aromatic N) is 2. The number of carboxylic acids is 1. The molecule has 0 aliphatic carbocycles. The Balaban J connectivity index is 1.73. The molecule has 2 heterocycles. The summed E-state index contributed by atoms with van der Waals surface area (Å²) in [6.45, 7) is 1.77. The molecule has 126 valence electrons. The number of carbonyl (C=O) groups is 2. The molecule has 0 bridgehead atoms. The molecule has 3 aromatic rings. The maximum atomic E-state index is 12.3. The van der Waals surface area contributed by atoms with Crippen LogP contribution in [0.4, 0.5) is 0 Å². The van der Waals surface area contributed by atoms with E-state index >= 15 is 0 Å². The van der Waals surface area contributed by atoms with Crippen LogP contribution in [-0.2, 0) is 0 Å². The Labute approximate surface area is 143 Å². The average molecular weight is 337 g/mol. The number of aromatic carboxylic acids is 1. The summed E-state index contributed by atoms with van der Waals surface area (Å²) in [5.41, 5.74) is 1.49. The van der Waals surface area contributed by atoms with Crippen LogP contribution in [0.3, 0.4) is 0 Å². The zero-order chi connectivity index (χ0) is 17.8. The highest BCUT2D eigenvalue weighted by molar-refractivity contribution is 5.96. The molecule has 25 heavy (non-hydrogen) atoms. The van der Waals surface area contributed by atoms with E-state index in [2.05, 4.69) is 15.5 Å². The van der Waals surface area contributed by atoms with E-state index in [1.54, 1.807) is 13.0 Å². The van der Waals surface area contributed by atoms with E-state index in [4.69, 9.17) is 9.63 Å². The lowest BCUT2D eigenvalue weighted by Gasteiger charge is -2.11. The van der Waals surface area contributed by atoms with Gasteiger partial charge in [0.1, 0.15) is 11.4 Å². The monoisotopic (exact) mass is 337 g/mol. The first-order chi connectivity index (χ1) is 12.0. The third kappa shape index (κ3) is 3.72. The summed E-state index contributed by atoms with van der Waals surface area (Å²) in [5, 5.41) is 15.7. The molecule has 1 unspecified atom stereocenters. The zero-order valence-corrected chi connectivity index (χ0v) is 13.3. The van der Waals surface area contributed by atoms with Crippen LogP contribution in [0.2, 0.25) is 0 Å². The van der Waals surface area contributed by atoms with Gasteiger partial charge in [0.05, 0.1) is 6.04 Å². The molecule has 2 aromatic heterocycles. The summed E-state index contributed by atoms with van der Waals surface area (Å²) in [5.74, 6) is -0.998. The SMILES string of the molecule is CC(NC(=O)c1ccnc(C(=O)O)c1)c1cc(-c2ccccc2)on1. The van der Waals surface area contributed by atoms with Crippen LogP contribution in [0.15, 0.2) is 59.3 Å². The molecule has 1 amide bonds. The Morgan fingerprint density at radius 2 is 1.92 bits per heavy atom. The molecule has 0 saturated carbocycles. The van der Waals surface area contributed by atoms with Crippen molar-refractivity contribution in [2.24, 2.45) is 0 Å². The maximum absolute atomic E-state index is 12.3. The van der Waals surface area contributed by atoms with Gasteiger partial charge in [-0.2, -0.15) is 0 Å². The van der Waals surface area contributed by atoms with E-state index < -0.39 is 17.9 Å². The van der Waals surface area contributed by atoms with Crippen molar-refractivity contribution in [1.82, 2.24) is 15.5 Å². The number of benzene rings is 1. The highest BCUT2D eigenvalue weighted by Gasteiger charge is 2.17. The minimum atomic E-state index is -1.19. The predicted octanol–water partition coefficient (Wildman–Crippen LogP) is 2.93. The molecule has 1 aromatic carbocycles. The molecule has 0 spiro atoms. The van der Waals surface area contributed by atoms with Gasteiger partial charge in [0, 0.05) is 23.4 Å². The second kappa shape index (κ2) is 6.96. The summed E-state index contributed by atoms with van der Waals surface area (Å²) in [7, 11) is 0. The van der Waals surface area contributed by atoms with Gasteiger partial charge < -0.3 is 14.9 Å². The number of rotatable bonds is 5. The van der Waals surface area contributed by atoms with Crippen molar-refractivity contribution >= 4 is 11.9 Å². The summed E-state index contributed by atoms with van der Waals surface area (Å²) in [6.07, 6.45) is 1.28. The highest BCUT2D eigenvalue weighted by atomic mass is 16.5. The lowest BCUT2D eigenvalue weighted by atomic mass is 10.1. The van der Waals surface area contributed by atoms with E-state index in [9.17, 15) is 9.59 Å². The Morgan fingerprint density at radius 3 is 2.64 bits per heavy atom. The van der Waals surface area contributed by atoms with Crippen LogP contribution < -0.4 is 5.32 Å². The normalized spacial score (nSPS) is 11.7. The first-order valence-corrected chi connectivity index (χ1v) is 7.57. The molecule has 0 aliphatic heterocycles. The van der Waals surface area contributed by atoms with Crippen molar-refractivity contribution in [3.8, 4) is 11.3 Å². The van der Waals surface area contributed by atoms with Crippen LogP contribution in [0.5, 0.6) is 0 Å². The third-order valence-electron chi connectivity index (χ3n) is 3.62. The Hall–Kier alpha value is -3.48. The minimum absolute atomic E-state index is 0.187. The molecule has 7 nitrogen and oxygen atoms in total. The van der Waals surface area contributed by atoms with Gasteiger partial charge in [-0.05, 0) is 19.1 Å². The highest BCUT2D eigenvalue weighted by Crippen LogP contribution is 2.22. The van der Waals surface area contributed by atoms with Gasteiger partial charge in [-0.15, -0.1) is 0 Å². The number of carbonyl (C=O) groups excluding carboxylic acids is 1.